The normalized spacial score (nSPS) is 19.5. The van der Waals surface area contributed by atoms with Crippen LogP contribution in [0.1, 0.15) is 55.0 Å². The van der Waals surface area contributed by atoms with E-state index in [2.05, 4.69) is 39.1 Å². The van der Waals surface area contributed by atoms with Crippen molar-refractivity contribution in [2.75, 3.05) is 0 Å². The Morgan fingerprint density at radius 2 is 2.12 bits per heavy atom. The summed E-state index contributed by atoms with van der Waals surface area (Å²) in [6.07, 6.45) is 16.1. The van der Waals surface area contributed by atoms with Crippen molar-refractivity contribution >= 4 is 5.57 Å². The first-order valence-electron chi connectivity index (χ1n) is 8.96. The fourth-order valence-corrected chi connectivity index (χ4v) is 4.82. The second-order valence-electron chi connectivity index (χ2n) is 7.27. The lowest BCUT2D eigenvalue weighted by molar-refractivity contribution is 0.340. The van der Waals surface area contributed by atoms with Gasteiger partial charge in [0.25, 0.3) is 0 Å². The van der Waals surface area contributed by atoms with E-state index in [1.54, 1.807) is 6.33 Å². The van der Waals surface area contributed by atoms with Gasteiger partial charge in [-0.1, -0.05) is 18.9 Å². The highest BCUT2D eigenvalue weighted by molar-refractivity contribution is 5.89. The first kappa shape index (κ1) is 14.0. The van der Waals surface area contributed by atoms with E-state index in [-0.39, 0.29) is 0 Å². The number of hydrogen-bond donors (Lipinski definition) is 0. The summed E-state index contributed by atoms with van der Waals surface area (Å²) in [5.74, 6) is 0.641. The van der Waals surface area contributed by atoms with Crippen molar-refractivity contribution in [2.45, 2.75) is 51.0 Å². The van der Waals surface area contributed by atoms with E-state index in [0.29, 0.717) is 18.4 Å². The number of hydrogen-bond acceptors (Lipinski definition) is 3. The molecule has 0 aromatic carbocycles. The van der Waals surface area contributed by atoms with E-state index in [1.165, 1.54) is 47.9 Å². The topological polar surface area (TPSA) is 54.5 Å². The molecule has 4 heteroatoms. The SMILES string of the molecule is N#CCC(C1CCCC1)n1cc2c(c1)-c1ncnc3c1C(=CC3)C2. The van der Waals surface area contributed by atoms with Crippen molar-refractivity contribution in [3.8, 4) is 17.3 Å². The summed E-state index contributed by atoms with van der Waals surface area (Å²) in [7, 11) is 0. The van der Waals surface area contributed by atoms with Gasteiger partial charge in [0.05, 0.1) is 23.9 Å². The number of rotatable bonds is 3. The van der Waals surface area contributed by atoms with Crippen LogP contribution in [0.3, 0.4) is 0 Å². The van der Waals surface area contributed by atoms with Crippen LogP contribution in [0.15, 0.2) is 24.8 Å². The highest BCUT2D eigenvalue weighted by Crippen LogP contribution is 2.44. The van der Waals surface area contributed by atoms with Gasteiger partial charge in [0.15, 0.2) is 0 Å². The van der Waals surface area contributed by atoms with Crippen LogP contribution >= 0.6 is 0 Å². The molecule has 2 heterocycles. The van der Waals surface area contributed by atoms with E-state index in [1.807, 2.05) is 0 Å². The Morgan fingerprint density at radius 1 is 1.25 bits per heavy atom. The molecule has 1 unspecified atom stereocenters. The molecule has 1 fully saturated rings. The summed E-state index contributed by atoms with van der Waals surface area (Å²) in [6, 6.07) is 2.72. The third kappa shape index (κ3) is 1.97. The molecule has 0 radical (unpaired) electrons. The van der Waals surface area contributed by atoms with Crippen LogP contribution in [0.5, 0.6) is 0 Å². The average Bonchev–Trinajstić information content (AvgIpc) is 3.33. The van der Waals surface area contributed by atoms with Crippen LogP contribution in [0.25, 0.3) is 16.8 Å². The molecule has 0 N–H and O–H groups in total. The standard InChI is InChI=1S/C20H20N4/c21-8-7-18(13-3-1-2-4-13)24-10-15-9-14-5-6-17-19(14)20(16(15)11-24)23-12-22-17/h5,10-13,18H,1-4,6-7,9H2. The van der Waals surface area contributed by atoms with Gasteiger partial charge in [-0.3, -0.25) is 0 Å². The summed E-state index contributed by atoms with van der Waals surface area (Å²) in [6.45, 7) is 0. The highest BCUT2D eigenvalue weighted by Gasteiger charge is 2.31. The number of aromatic nitrogens is 3. The molecule has 0 spiro atoms. The number of nitrogens with zero attached hydrogens (tertiary/aromatic N) is 4. The summed E-state index contributed by atoms with van der Waals surface area (Å²) in [5.41, 5.74) is 7.49. The van der Waals surface area contributed by atoms with Crippen molar-refractivity contribution in [1.29, 1.82) is 5.26 Å². The van der Waals surface area contributed by atoms with Crippen LogP contribution in [-0.4, -0.2) is 14.5 Å². The van der Waals surface area contributed by atoms with Gasteiger partial charge in [-0.25, -0.2) is 9.97 Å². The maximum atomic E-state index is 9.31. The fourth-order valence-electron chi connectivity index (χ4n) is 4.82. The molecule has 0 amide bonds. The van der Waals surface area contributed by atoms with Crippen molar-refractivity contribution < 1.29 is 0 Å². The van der Waals surface area contributed by atoms with Crippen LogP contribution in [0, 0.1) is 17.2 Å². The van der Waals surface area contributed by atoms with Gasteiger partial charge in [-0.15, -0.1) is 0 Å². The lowest BCUT2D eigenvalue weighted by Crippen LogP contribution is -2.15. The minimum Gasteiger partial charge on any atom is -0.349 e. The minimum absolute atomic E-state index is 0.309. The molecular weight excluding hydrogens is 296 g/mol. The Labute approximate surface area is 141 Å². The first-order valence-corrected chi connectivity index (χ1v) is 8.96. The Kier molecular flexibility index (Phi) is 3.09. The van der Waals surface area contributed by atoms with Crippen molar-refractivity contribution in [3.63, 3.8) is 0 Å². The molecule has 0 saturated heterocycles. The quantitative estimate of drug-likeness (QED) is 0.857. The van der Waals surface area contributed by atoms with Crippen molar-refractivity contribution in [3.05, 3.63) is 41.6 Å². The largest absolute Gasteiger partial charge is 0.349 e. The van der Waals surface area contributed by atoms with E-state index >= 15 is 0 Å². The highest BCUT2D eigenvalue weighted by atomic mass is 15.0. The maximum Gasteiger partial charge on any atom is 0.116 e. The van der Waals surface area contributed by atoms with Crippen molar-refractivity contribution in [1.82, 2.24) is 14.5 Å². The van der Waals surface area contributed by atoms with Gasteiger partial charge in [0.2, 0.25) is 0 Å². The molecule has 1 saturated carbocycles. The zero-order valence-corrected chi connectivity index (χ0v) is 13.7. The van der Waals surface area contributed by atoms with Crippen LogP contribution in [0.2, 0.25) is 0 Å². The Bertz CT molecular complexity index is 878. The van der Waals surface area contributed by atoms with Crippen LogP contribution in [-0.2, 0) is 12.8 Å². The molecule has 5 rings (SSSR count). The zero-order valence-electron chi connectivity index (χ0n) is 13.7. The fraction of sp³-hybridized carbons (Fsp3) is 0.450. The van der Waals surface area contributed by atoms with Crippen molar-refractivity contribution in [2.24, 2.45) is 5.92 Å². The third-order valence-electron chi connectivity index (χ3n) is 5.98. The second-order valence-corrected chi connectivity index (χ2v) is 7.27. The molecule has 4 nitrogen and oxygen atoms in total. The van der Waals surface area contributed by atoms with Gasteiger partial charge in [-0.05, 0) is 29.9 Å². The monoisotopic (exact) mass is 316 g/mol. The van der Waals surface area contributed by atoms with Gasteiger partial charge < -0.3 is 4.57 Å². The molecule has 3 aliphatic rings. The molecule has 24 heavy (non-hydrogen) atoms. The number of fused-ring (bicyclic) bond motifs is 2. The molecule has 0 aliphatic heterocycles. The smallest absolute Gasteiger partial charge is 0.116 e. The first-order chi connectivity index (χ1) is 11.8. The van der Waals surface area contributed by atoms with E-state index in [4.69, 9.17) is 0 Å². The minimum atomic E-state index is 0.309. The molecule has 3 aliphatic carbocycles. The summed E-state index contributed by atoms with van der Waals surface area (Å²) in [4.78, 5) is 9.04. The Hall–Kier alpha value is -2.41. The zero-order chi connectivity index (χ0) is 16.1. The predicted molar refractivity (Wildman–Crippen MR) is 92.1 cm³/mol. The van der Waals surface area contributed by atoms with Crippen LogP contribution < -0.4 is 0 Å². The van der Waals surface area contributed by atoms with Gasteiger partial charge in [0, 0.05) is 42.4 Å². The lowest BCUT2D eigenvalue weighted by atomic mass is 9.90. The molecule has 2 aromatic heterocycles. The van der Waals surface area contributed by atoms with E-state index in [0.717, 1.165) is 24.2 Å². The molecule has 1 atom stereocenters. The summed E-state index contributed by atoms with van der Waals surface area (Å²) in [5, 5.41) is 9.31. The van der Waals surface area contributed by atoms with Crippen LogP contribution in [0.4, 0.5) is 0 Å². The maximum absolute atomic E-state index is 9.31. The third-order valence-corrected chi connectivity index (χ3v) is 5.98. The van der Waals surface area contributed by atoms with Gasteiger partial charge in [-0.2, -0.15) is 5.26 Å². The molecule has 120 valence electrons. The second kappa shape index (κ2) is 5.31. The summed E-state index contributed by atoms with van der Waals surface area (Å²) >= 11 is 0. The number of nitriles is 1. The predicted octanol–water partition coefficient (Wildman–Crippen LogP) is 4.09. The van der Waals surface area contributed by atoms with E-state index < -0.39 is 0 Å². The van der Waals surface area contributed by atoms with Gasteiger partial charge in [0.1, 0.15) is 6.33 Å². The Balaban J connectivity index is 1.60. The number of allylic oxidation sites excluding steroid dienone is 2. The van der Waals surface area contributed by atoms with Gasteiger partial charge >= 0.3 is 0 Å². The Morgan fingerprint density at radius 3 is 2.96 bits per heavy atom. The average molecular weight is 316 g/mol. The summed E-state index contributed by atoms with van der Waals surface area (Å²) < 4.78 is 2.32. The lowest BCUT2D eigenvalue weighted by Gasteiger charge is -2.22. The molecule has 2 aromatic rings. The van der Waals surface area contributed by atoms with E-state index in [9.17, 15) is 5.26 Å². The molecule has 0 bridgehead atoms. The molecular formula is C20H20N4.